The number of rotatable bonds is 7. The highest BCUT2D eigenvalue weighted by Crippen LogP contribution is 2.33. The Labute approximate surface area is 131 Å². The van der Waals surface area contributed by atoms with E-state index < -0.39 is 12.6 Å². The van der Waals surface area contributed by atoms with Gasteiger partial charge in [-0.25, -0.2) is 0 Å². The Balaban J connectivity index is 1.95. The minimum absolute atomic E-state index is 0.0305. The van der Waals surface area contributed by atoms with Crippen LogP contribution in [0.15, 0.2) is 12.1 Å². The molecule has 1 aromatic carbocycles. The van der Waals surface area contributed by atoms with E-state index in [1.165, 1.54) is 6.07 Å². The Kier molecular flexibility index (Phi) is 5.63. The third-order valence-electron chi connectivity index (χ3n) is 3.09. The zero-order valence-corrected chi connectivity index (χ0v) is 12.8. The number of hydrogen-bond acceptors (Lipinski definition) is 2. The molecule has 0 amide bonds. The minimum atomic E-state index is -4.16. The summed E-state index contributed by atoms with van der Waals surface area (Å²) in [7, 11) is 0. The standard InChI is InChI=1S/C14H16Cl2F3NO/c15-10-6-9(8-20-11-2-3-11)13(12(16)7-10)21-5-1-4-14(17,18)19/h6-7,11,20H,1-5,8H2. The summed E-state index contributed by atoms with van der Waals surface area (Å²) in [6, 6.07) is 3.76. The topological polar surface area (TPSA) is 21.3 Å². The van der Waals surface area contributed by atoms with Gasteiger partial charge in [0.2, 0.25) is 0 Å². The number of alkyl halides is 3. The lowest BCUT2D eigenvalue weighted by Crippen LogP contribution is -2.16. The lowest BCUT2D eigenvalue weighted by Gasteiger charge is -2.15. The van der Waals surface area contributed by atoms with E-state index in [9.17, 15) is 13.2 Å². The van der Waals surface area contributed by atoms with Crippen molar-refractivity contribution >= 4 is 23.2 Å². The van der Waals surface area contributed by atoms with Crippen molar-refractivity contribution in [1.82, 2.24) is 5.32 Å². The summed E-state index contributed by atoms with van der Waals surface area (Å²) in [6.45, 7) is 0.511. The van der Waals surface area contributed by atoms with E-state index in [-0.39, 0.29) is 13.0 Å². The van der Waals surface area contributed by atoms with Crippen LogP contribution < -0.4 is 10.1 Å². The van der Waals surface area contributed by atoms with Crippen molar-refractivity contribution in [3.63, 3.8) is 0 Å². The van der Waals surface area contributed by atoms with Gasteiger partial charge in [0, 0.05) is 29.6 Å². The molecule has 0 spiro atoms. The van der Waals surface area contributed by atoms with Crippen molar-refractivity contribution in [2.45, 2.75) is 44.4 Å². The first-order valence-corrected chi connectivity index (χ1v) is 7.51. The molecule has 1 N–H and O–H groups in total. The molecule has 0 radical (unpaired) electrons. The lowest BCUT2D eigenvalue weighted by molar-refractivity contribution is -0.136. The third kappa shape index (κ3) is 5.93. The van der Waals surface area contributed by atoms with Crippen molar-refractivity contribution in [2.75, 3.05) is 6.61 Å². The first-order chi connectivity index (χ1) is 9.85. The molecular weight excluding hydrogens is 326 g/mol. The Morgan fingerprint density at radius 1 is 1.24 bits per heavy atom. The van der Waals surface area contributed by atoms with Crippen LogP contribution >= 0.6 is 23.2 Å². The van der Waals surface area contributed by atoms with Gasteiger partial charge in [-0.3, -0.25) is 0 Å². The molecule has 118 valence electrons. The Morgan fingerprint density at radius 3 is 2.57 bits per heavy atom. The molecule has 0 aliphatic heterocycles. The maximum atomic E-state index is 12.1. The molecule has 1 saturated carbocycles. The number of benzene rings is 1. The van der Waals surface area contributed by atoms with E-state index in [0.29, 0.717) is 28.4 Å². The second kappa shape index (κ2) is 7.07. The van der Waals surface area contributed by atoms with Crippen LogP contribution in [-0.2, 0) is 6.54 Å². The van der Waals surface area contributed by atoms with Crippen LogP contribution in [0.1, 0.15) is 31.2 Å². The first-order valence-electron chi connectivity index (χ1n) is 6.76. The van der Waals surface area contributed by atoms with E-state index in [1.54, 1.807) is 6.07 Å². The van der Waals surface area contributed by atoms with Crippen LogP contribution in [0.3, 0.4) is 0 Å². The van der Waals surface area contributed by atoms with Gasteiger partial charge in [0.25, 0.3) is 0 Å². The second-order valence-electron chi connectivity index (χ2n) is 5.10. The molecule has 1 aromatic rings. The fourth-order valence-electron chi connectivity index (χ4n) is 1.90. The molecule has 2 rings (SSSR count). The maximum Gasteiger partial charge on any atom is 0.389 e. The Hall–Kier alpha value is -0.650. The molecule has 7 heteroatoms. The molecule has 2 nitrogen and oxygen atoms in total. The largest absolute Gasteiger partial charge is 0.492 e. The highest BCUT2D eigenvalue weighted by Gasteiger charge is 2.26. The molecule has 0 saturated heterocycles. The molecule has 0 bridgehead atoms. The van der Waals surface area contributed by atoms with Crippen LogP contribution in [0, 0.1) is 0 Å². The second-order valence-corrected chi connectivity index (χ2v) is 5.94. The quantitative estimate of drug-likeness (QED) is 0.707. The Morgan fingerprint density at radius 2 is 1.95 bits per heavy atom. The summed E-state index contributed by atoms with van der Waals surface area (Å²) in [5.74, 6) is 0.413. The monoisotopic (exact) mass is 341 g/mol. The third-order valence-corrected chi connectivity index (χ3v) is 3.59. The van der Waals surface area contributed by atoms with Gasteiger partial charge >= 0.3 is 6.18 Å². The summed E-state index contributed by atoms with van der Waals surface area (Å²) in [4.78, 5) is 0. The minimum Gasteiger partial charge on any atom is -0.492 e. The average molecular weight is 342 g/mol. The van der Waals surface area contributed by atoms with Crippen LogP contribution in [0.2, 0.25) is 10.0 Å². The Bertz CT molecular complexity index is 490. The van der Waals surface area contributed by atoms with E-state index in [4.69, 9.17) is 27.9 Å². The summed E-state index contributed by atoms with van der Waals surface area (Å²) in [6.07, 6.45) is -2.86. The van der Waals surface area contributed by atoms with E-state index in [1.807, 2.05) is 0 Å². The van der Waals surface area contributed by atoms with Crippen LogP contribution in [0.5, 0.6) is 5.75 Å². The van der Waals surface area contributed by atoms with Gasteiger partial charge in [-0.2, -0.15) is 13.2 Å². The van der Waals surface area contributed by atoms with E-state index in [0.717, 1.165) is 18.4 Å². The lowest BCUT2D eigenvalue weighted by atomic mass is 10.2. The van der Waals surface area contributed by atoms with Gasteiger partial charge < -0.3 is 10.1 Å². The fraction of sp³-hybridized carbons (Fsp3) is 0.571. The summed E-state index contributed by atoms with van der Waals surface area (Å²) in [5.41, 5.74) is 0.770. The molecule has 0 unspecified atom stereocenters. The highest BCUT2D eigenvalue weighted by molar-refractivity contribution is 6.35. The van der Waals surface area contributed by atoms with Gasteiger partial charge in [-0.1, -0.05) is 23.2 Å². The summed E-state index contributed by atoms with van der Waals surface area (Å²) >= 11 is 12.0. The van der Waals surface area contributed by atoms with Crippen LogP contribution in [-0.4, -0.2) is 18.8 Å². The average Bonchev–Trinajstić information content (AvgIpc) is 3.16. The molecule has 1 aliphatic carbocycles. The van der Waals surface area contributed by atoms with E-state index in [2.05, 4.69) is 5.32 Å². The predicted molar refractivity (Wildman–Crippen MR) is 77.1 cm³/mol. The van der Waals surface area contributed by atoms with Crippen molar-refractivity contribution in [3.05, 3.63) is 27.7 Å². The molecule has 0 atom stereocenters. The zero-order valence-electron chi connectivity index (χ0n) is 11.3. The van der Waals surface area contributed by atoms with Gasteiger partial charge in [0.05, 0.1) is 11.6 Å². The number of halogens is 5. The number of nitrogens with one attached hydrogen (secondary N) is 1. The molecular formula is C14H16Cl2F3NO. The summed E-state index contributed by atoms with van der Waals surface area (Å²) in [5, 5.41) is 4.11. The molecule has 21 heavy (non-hydrogen) atoms. The molecule has 1 aliphatic rings. The normalized spacial score (nSPS) is 15.3. The number of hydrogen-bond donors (Lipinski definition) is 1. The molecule has 0 aromatic heterocycles. The van der Waals surface area contributed by atoms with Crippen LogP contribution in [0.4, 0.5) is 13.2 Å². The van der Waals surface area contributed by atoms with E-state index >= 15 is 0 Å². The first kappa shape index (κ1) is 16.7. The van der Waals surface area contributed by atoms with Crippen LogP contribution in [0.25, 0.3) is 0 Å². The van der Waals surface area contributed by atoms with Crippen molar-refractivity contribution in [1.29, 1.82) is 0 Å². The zero-order chi connectivity index (χ0) is 15.5. The van der Waals surface area contributed by atoms with Gasteiger partial charge in [-0.05, 0) is 31.4 Å². The highest BCUT2D eigenvalue weighted by atomic mass is 35.5. The van der Waals surface area contributed by atoms with Gasteiger partial charge in [0.1, 0.15) is 5.75 Å². The fourth-order valence-corrected chi connectivity index (χ4v) is 2.49. The van der Waals surface area contributed by atoms with Gasteiger partial charge in [-0.15, -0.1) is 0 Å². The molecule has 0 heterocycles. The predicted octanol–water partition coefficient (Wildman–Crippen LogP) is 4.97. The van der Waals surface area contributed by atoms with Crippen molar-refractivity contribution < 1.29 is 17.9 Å². The van der Waals surface area contributed by atoms with Crippen molar-refractivity contribution in [3.8, 4) is 5.75 Å². The maximum absolute atomic E-state index is 12.1. The van der Waals surface area contributed by atoms with Gasteiger partial charge in [0.15, 0.2) is 0 Å². The van der Waals surface area contributed by atoms with Crippen molar-refractivity contribution in [2.24, 2.45) is 0 Å². The number of ether oxygens (including phenoxy) is 1. The smallest absolute Gasteiger partial charge is 0.389 e. The SMILES string of the molecule is FC(F)(F)CCCOc1c(Cl)cc(Cl)cc1CNC1CC1. The summed E-state index contributed by atoms with van der Waals surface area (Å²) < 4.78 is 41.7. The molecule has 1 fully saturated rings.